The van der Waals surface area contributed by atoms with Gasteiger partial charge in [-0.05, 0) is 42.6 Å². The molecule has 4 fully saturated rings. The molecule has 2 unspecified atom stereocenters. The van der Waals surface area contributed by atoms with Crippen LogP contribution in [0.1, 0.15) is 24.8 Å². The predicted molar refractivity (Wildman–Crippen MR) is 52.4 cm³/mol. The van der Waals surface area contributed by atoms with E-state index in [1.807, 2.05) is 0 Å². The predicted octanol–water partition coefficient (Wildman–Crippen LogP) is 2.98. The van der Waals surface area contributed by atoms with Crippen LogP contribution in [0.4, 0.5) is 0 Å². The summed E-state index contributed by atoms with van der Waals surface area (Å²) in [6.07, 6.45) is 4.59. The smallest absolute Gasteiger partial charge is 0.00182 e. The summed E-state index contributed by atoms with van der Waals surface area (Å²) in [5.41, 5.74) is 2.33. The standard InChI is InChI=1S/C13H14/c1-2-4-10(5-3-1)13-8-9-6-11(13)12(13)7-9/h1-5,9,11-12H,6-8H2. The highest BCUT2D eigenvalue weighted by molar-refractivity contribution is 5.42. The Kier molecular flexibility index (Phi) is 0.941. The minimum Gasteiger partial charge on any atom is -0.0622 e. The highest BCUT2D eigenvalue weighted by Crippen LogP contribution is 2.79. The van der Waals surface area contributed by atoms with Crippen LogP contribution in [-0.4, -0.2) is 0 Å². The normalized spacial score (nSPS) is 49.7. The van der Waals surface area contributed by atoms with Crippen molar-refractivity contribution in [1.82, 2.24) is 0 Å². The number of hydrogen-bond donors (Lipinski definition) is 0. The first kappa shape index (κ1) is 6.64. The molecule has 4 aliphatic rings. The fraction of sp³-hybridized carbons (Fsp3) is 0.538. The first-order chi connectivity index (χ1) is 6.41. The van der Waals surface area contributed by atoms with E-state index in [9.17, 15) is 0 Å². The molecule has 1 aromatic rings. The Morgan fingerprint density at radius 1 is 1.00 bits per heavy atom. The highest BCUT2D eigenvalue weighted by Gasteiger charge is 2.74. The van der Waals surface area contributed by atoms with Crippen molar-refractivity contribution in [2.24, 2.45) is 17.8 Å². The Bertz CT molecular complexity index is 340. The lowest BCUT2D eigenvalue weighted by Crippen LogP contribution is -2.04. The van der Waals surface area contributed by atoms with E-state index in [-0.39, 0.29) is 0 Å². The molecule has 0 saturated heterocycles. The van der Waals surface area contributed by atoms with Gasteiger partial charge in [-0.25, -0.2) is 0 Å². The van der Waals surface area contributed by atoms with Crippen molar-refractivity contribution in [3.63, 3.8) is 0 Å². The average molecular weight is 170 g/mol. The quantitative estimate of drug-likeness (QED) is 0.608. The number of hydrogen-bond acceptors (Lipinski definition) is 0. The van der Waals surface area contributed by atoms with Gasteiger partial charge in [0, 0.05) is 5.41 Å². The second-order valence-electron chi connectivity index (χ2n) is 5.16. The van der Waals surface area contributed by atoms with E-state index in [1.54, 1.807) is 18.4 Å². The van der Waals surface area contributed by atoms with E-state index in [4.69, 9.17) is 0 Å². The minimum absolute atomic E-state index is 0.686. The third kappa shape index (κ3) is 0.590. The van der Waals surface area contributed by atoms with Crippen molar-refractivity contribution in [3.8, 4) is 0 Å². The summed E-state index contributed by atoms with van der Waals surface area (Å²) in [6, 6.07) is 11.2. The van der Waals surface area contributed by atoms with Gasteiger partial charge >= 0.3 is 0 Å². The van der Waals surface area contributed by atoms with Gasteiger partial charge < -0.3 is 0 Å². The van der Waals surface area contributed by atoms with Crippen LogP contribution in [-0.2, 0) is 5.41 Å². The van der Waals surface area contributed by atoms with Crippen LogP contribution >= 0.6 is 0 Å². The summed E-state index contributed by atoms with van der Waals surface area (Å²) < 4.78 is 0. The van der Waals surface area contributed by atoms with E-state index >= 15 is 0 Å². The fourth-order valence-corrected chi connectivity index (χ4v) is 4.41. The summed E-state index contributed by atoms with van der Waals surface area (Å²) in [4.78, 5) is 0. The molecule has 0 radical (unpaired) electrons. The largest absolute Gasteiger partial charge is 0.0622 e. The van der Waals surface area contributed by atoms with Gasteiger partial charge in [-0.2, -0.15) is 0 Å². The van der Waals surface area contributed by atoms with Crippen molar-refractivity contribution in [3.05, 3.63) is 35.9 Å². The molecule has 0 N–H and O–H groups in total. The van der Waals surface area contributed by atoms with Crippen molar-refractivity contribution in [2.45, 2.75) is 24.7 Å². The first-order valence-corrected chi connectivity index (χ1v) is 5.47. The molecule has 0 nitrogen and oxygen atoms in total. The van der Waals surface area contributed by atoms with Gasteiger partial charge in [-0.1, -0.05) is 30.3 Å². The zero-order chi connectivity index (χ0) is 8.47. The zero-order valence-electron chi connectivity index (χ0n) is 7.74. The summed E-state index contributed by atoms with van der Waals surface area (Å²) in [6.45, 7) is 0. The van der Waals surface area contributed by atoms with E-state index in [1.165, 1.54) is 6.42 Å². The van der Waals surface area contributed by atoms with Crippen LogP contribution in [0.3, 0.4) is 0 Å². The summed E-state index contributed by atoms with van der Waals surface area (Å²) in [5.74, 6) is 3.26. The molecule has 0 heteroatoms. The lowest BCUT2D eigenvalue weighted by atomic mass is 9.93. The summed E-state index contributed by atoms with van der Waals surface area (Å²) in [7, 11) is 0. The molecule has 2 atom stereocenters. The molecular formula is C13H14. The number of benzene rings is 1. The summed E-state index contributed by atoms with van der Waals surface area (Å²) in [5, 5.41) is 0. The lowest BCUT2D eigenvalue weighted by molar-refractivity contribution is 0.595. The zero-order valence-corrected chi connectivity index (χ0v) is 7.74. The molecular weight excluding hydrogens is 156 g/mol. The molecule has 13 heavy (non-hydrogen) atoms. The molecule has 66 valence electrons. The molecule has 0 amide bonds. The Labute approximate surface area is 79.0 Å². The second kappa shape index (κ2) is 1.84. The molecule has 0 heterocycles. The third-order valence-electron chi connectivity index (χ3n) is 4.81. The van der Waals surface area contributed by atoms with E-state index in [0.29, 0.717) is 5.41 Å². The van der Waals surface area contributed by atoms with Crippen molar-refractivity contribution in [1.29, 1.82) is 0 Å². The van der Waals surface area contributed by atoms with Crippen LogP contribution < -0.4 is 0 Å². The van der Waals surface area contributed by atoms with E-state index in [0.717, 1.165) is 17.8 Å². The molecule has 4 aliphatic carbocycles. The maximum Gasteiger partial charge on any atom is 0.00182 e. The van der Waals surface area contributed by atoms with Gasteiger partial charge in [0.25, 0.3) is 0 Å². The molecule has 0 aromatic heterocycles. The molecule has 0 aliphatic heterocycles. The Morgan fingerprint density at radius 3 is 2.23 bits per heavy atom. The van der Waals surface area contributed by atoms with E-state index in [2.05, 4.69) is 30.3 Å². The van der Waals surface area contributed by atoms with Crippen LogP contribution in [0.25, 0.3) is 0 Å². The SMILES string of the molecule is c1ccc(C23CC4CC2C3C4)cc1. The van der Waals surface area contributed by atoms with Crippen molar-refractivity contribution in [2.75, 3.05) is 0 Å². The second-order valence-corrected chi connectivity index (χ2v) is 5.16. The van der Waals surface area contributed by atoms with Crippen molar-refractivity contribution < 1.29 is 0 Å². The van der Waals surface area contributed by atoms with Crippen molar-refractivity contribution >= 4 is 0 Å². The molecule has 5 rings (SSSR count). The monoisotopic (exact) mass is 170 g/mol. The van der Waals surface area contributed by atoms with Gasteiger partial charge in [-0.3, -0.25) is 0 Å². The topological polar surface area (TPSA) is 0 Å². The minimum atomic E-state index is 0.686. The van der Waals surface area contributed by atoms with E-state index < -0.39 is 0 Å². The molecule has 4 saturated carbocycles. The highest BCUT2D eigenvalue weighted by atomic mass is 14.8. The van der Waals surface area contributed by atoms with Gasteiger partial charge in [0.2, 0.25) is 0 Å². The maximum absolute atomic E-state index is 2.35. The molecule has 1 aromatic carbocycles. The fourth-order valence-electron chi connectivity index (χ4n) is 4.41. The van der Waals surface area contributed by atoms with Gasteiger partial charge in [0.1, 0.15) is 0 Å². The van der Waals surface area contributed by atoms with Crippen LogP contribution in [0, 0.1) is 17.8 Å². The lowest BCUT2D eigenvalue weighted by Gasteiger charge is -2.10. The average Bonchev–Trinajstić information content (AvgIpc) is 2.70. The van der Waals surface area contributed by atoms with Gasteiger partial charge in [-0.15, -0.1) is 0 Å². The molecule has 0 spiro atoms. The van der Waals surface area contributed by atoms with Crippen LogP contribution in [0.2, 0.25) is 0 Å². The third-order valence-corrected chi connectivity index (χ3v) is 4.81. The van der Waals surface area contributed by atoms with Crippen LogP contribution in [0.5, 0.6) is 0 Å². The Hall–Kier alpha value is -0.780. The van der Waals surface area contributed by atoms with Gasteiger partial charge in [0.15, 0.2) is 0 Å². The summed E-state index contributed by atoms with van der Waals surface area (Å²) >= 11 is 0. The maximum atomic E-state index is 2.35. The molecule has 4 bridgehead atoms. The van der Waals surface area contributed by atoms with Crippen LogP contribution in [0.15, 0.2) is 30.3 Å². The Morgan fingerprint density at radius 2 is 1.69 bits per heavy atom. The Balaban J connectivity index is 1.85. The van der Waals surface area contributed by atoms with Gasteiger partial charge in [0.05, 0.1) is 0 Å². The number of rotatable bonds is 1. The first-order valence-electron chi connectivity index (χ1n) is 5.47.